The van der Waals surface area contributed by atoms with Crippen molar-refractivity contribution in [2.24, 2.45) is 17.8 Å². The van der Waals surface area contributed by atoms with E-state index in [-0.39, 0.29) is 23.7 Å². The van der Waals surface area contributed by atoms with Crippen molar-refractivity contribution in [3.8, 4) is 0 Å². The Morgan fingerprint density at radius 2 is 1.60 bits per heavy atom. The molecule has 0 aromatic heterocycles. The first-order chi connectivity index (χ1) is 6.86. The second-order valence-corrected chi connectivity index (χ2v) is 5.27. The summed E-state index contributed by atoms with van der Waals surface area (Å²) in [6.45, 7) is 13.0. The maximum atomic E-state index is 11.8. The van der Waals surface area contributed by atoms with Gasteiger partial charge in [0.05, 0.1) is 0 Å². The minimum atomic E-state index is -0.219. The van der Waals surface area contributed by atoms with Gasteiger partial charge < -0.3 is 4.74 Å². The van der Waals surface area contributed by atoms with Gasteiger partial charge >= 0.3 is 0 Å². The molecule has 0 aliphatic rings. The van der Waals surface area contributed by atoms with E-state index in [0.717, 1.165) is 6.42 Å². The summed E-state index contributed by atoms with van der Waals surface area (Å²) in [4.78, 5) is 11.8. The molecule has 0 aromatic carbocycles. The average Bonchev–Trinajstić information content (AvgIpc) is 2.10. The third kappa shape index (κ3) is 5.93. The molecule has 0 amide bonds. The number of hydrogen-bond acceptors (Lipinski definition) is 2. The van der Waals surface area contributed by atoms with Gasteiger partial charge in [0, 0.05) is 12.5 Å². The number of ketones is 1. The van der Waals surface area contributed by atoms with Crippen molar-refractivity contribution in [1.82, 2.24) is 0 Å². The Hall–Kier alpha value is -0.370. The molecular weight excluding hydrogens is 188 g/mol. The Balaban J connectivity index is 4.11. The summed E-state index contributed by atoms with van der Waals surface area (Å²) in [6.07, 6.45) is 0.804. The lowest BCUT2D eigenvalue weighted by atomic mass is 9.95. The molecule has 2 nitrogen and oxygen atoms in total. The molecule has 0 unspecified atom stereocenters. The molecule has 0 radical (unpaired) electrons. The maximum absolute atomic E-state index is 11.8. The van der Waals surface area contributed by atoms with Gasteiger partial charge in [-0.1, -0.05) is 41.5 Å². The monoisotopic (exact) mass is 214 g/mol. The molecule has 15 heavy (non-hydrogen) atoms. The predicted octanol–water partition coefficient (Wildman–Crippen LogP) is 3.30. The first-order valence-electron chi connectivity index (χ1n) is 6.01. The Morgan fingerprint density at radius 3 is 1.93 bits per heavy atom. The summed E-state index contributed by atoms with van der Waals surface area (Å²) in [5.74, 6) is 1.20. The molecule has 0 saturated carbocycles. The molecular formula is C13H26O2. The highest BCUT2D eigenvalue weighted by molar-refractivity contribution is 5.85. The topological polar surface area (TPSA) is 26.3 Å². The van der Waals surface area contributed by atoms with Crippen molar-refractivity contribution < 1.29 is 9.53 Å². The van der Waals surface area contributed by atoms with Crippen LogP contribution in [-0.2, 0) is 9.53 Å². The number of carbonyl (C=O) groups is 1. The van der Waals surface area contributed by atoms with E-state index in [2.05, 4.69) is 13.8 Å². The molecule has 0 heterocycles. The van der Waals surface area contributed by atoms with E-state index in [4.69, 9.17) is 4.74 Å². The van der Waals surface area contributed by atoms with Crippen LogP contribution < -0.4 is 0 Å². The summed E-state index contributed by atoms with van der Waals surface area (Å²) >= 11 is 0. The van der Waals surface area contributed by atoms with Gasteiger partial charge in [0.15, 0.2) is 5.78 Å². The summed E-state index contributed by atoms with van der Waals surface area (Å²) in [5.41, 5.74) is 0. The van der Waals surface area contributed by atoms with E-state index in [9.17, 15) is 4.79 Å². The summed E-state index contributed by atoms with van der Waals surface area (Å²) in [7, 11) is 0. The third-order valence-corrected chi connectivity index (χ3v) is 2.45. The first kappa shape index (κ1) is 14.6. The smallest absolute Gasteiger partial charge is 0.164 e. The summed E-state index contributed by atoms with van der Waals surface area (Å²) in [6, 6.07) is 0. The lowest BCUT2D eigenvalue weighted by Crippen LogP contribution is -2.33. The highest BCUT2D eigenvalue weighted by Gasteiger charge is 2.24. The van der Waals surface area contributed by atoms with E-state index < -0.39 is 0 Å². The average molecular weight is 214 g/mol. The maximum Gasteiger partial charge on any atom is 0.164 e. The van der Waals surface area contributed by atoms with Gasteiger partial charge in [-0.2, -0.15) is 0 Å². The van der Waals surface area contributed by atoms with Crippen LogP contribution in [0.5, 0.6) is 0 Å². The Morgan fingerprint density at radius 1 is 1.07 bits per heavy atom. The Labute approximate surface area is 94.4 Å². The highest BCUT2D eigenvalue weighted by Crippen LogP contribution is 2.14. The van der Waals surface area contributed by atoms with E-state index in [1.807, 2.05) is 27.7 Å². The Bertz CT molecular complexity index is 183. The highest BCUT2D eigenvalue weighted by atomic mass is 16.5. The van der Waals surface area contributed by atoms with E-state index in [0.29, 0.717) is 12.5 Å². The lowest BCUT2D eigenvalue weighted by molar-refractivity contribution is -0.136. The normalized spacial score (nSPS) is 13.9. The van der Waals surface area contributed by atoms with Crippen LogP contribution >= 0.6 is 0 Å². The van der Waals surface area contributed by atoms with E-state index in [1.165, 1.54) is 0 Å². The minimum absolute atomic E-state index is 0.0662. The van der Waals surface area contributed by atoms with Crippen LogP contribution in [0.4, 0.5) is 0 Å². The van der Waals surface area contributed by atoms with Crippen molar-refractivity contribution >= 4 is 5.78 Å². The fraction of sp³-hybridized carbons (Fsp3) is 0.923. The van der Waals surface area contributed by atoms with Crippen molar-refractivity contribution in [2.45, 2.75) is 54.1 Å². The van der Waals surface area contributed by atoms with Gasteiger partial charge in [-0.05, 0) is 18.3 Å². The van der Waals surface area contributed by atoms with E-state index in [1.54, 1.807) is 0 Å². The minimum Gasteiger partial charge on any atom is -0.370 e. The lowest BCUT2D eigenvalue weighted by Gasteiger charge is -2.22. The van der Waals surface area contributed by atoms with E-state index >= 15 is 0 Å². The molecule has 1 atom stereocenters. The molecule has 0 aromatic rings. The van der Waals surface area contributed by atoms with Crippen LogP contribution in [0.15, 0.2) is 0 Å². The molecule has 2 heteroatoms. The zero-order valence-electron chi connectivity index (χ0n) is 11.0. The molecule has 0 N–H and O–H groups in total. The SMILES string of the molecule is CC(C)CCO[C@@H](C(=O)C(C)C)C(C)C. The molecule has 0 aliphatic heterocycles. The standard InChI is InChI=1S/C13H26O2/c1-9(2)7-8-15-13(11(5)6)12(14)10(3)4/h9-11,13H,7-8H2,1-6H3/t13-/m1/s1. The van der Waals surface area contributed by atoms with Crippen LogP contribution in [0.25, 0.3) is 0 Å². The molecule has 0 fully saturated rings. The van der Waals surface area contributed by atoms with Crippen molar-refractivity contribution in [2.75, 3.05) is 6.61 Å². The summed E-state index contributed by atoms with van der Waals surface area (Å²) < 4.78 is 5.69. The van der Waals surface area contributed by atoms with Gasteiger partial charge in [-0.25, -0.2) is 0 Å². The molecule has 0 bridgehead atoms. The van der Waals surface area contributed by atoms with Gasteiger partial charge in [0.2, 0.25) is 0 Å². The number of carbonyl (C=O) groups excluding carboxylic acids is 1. The zero-order chi connectivity index (χ0) is 12.0. The van der Waals surface area contributed by atoms with Gasteiger partial charge in [-0.3, -0.25) is 4.79 Å². The third-order valence-electron chi connectivity index (χ3n) is 2.45. The van der Waals surface area contributed by atoms with Crippen LogP contribution in [0.1, 0.15) is 48.0 Å². The fourth-order valence-corrected chi connectivity index (χ4v) is 1.36. The van der Waals surface area contributed by atoms with Gasteiger partial charge in [0.25, 0.3) is 0 Å². The largest absolute Gasteiger partial charge is 0.370 e. The van der Waals surface area contributed by atoms with Crippen LogP contribution in [-0.4, -0.2) is 18.5 Å². The van der Waals surface area contributed by atoms with Crippen molar-refractivity contribution in [3.63, 3.8) is 0 Å². The van der Waals surface area contributed by atoms with Crippen LogP contribution in [0.2, 0.25) is 0 Å². The fourth-order valence-electron chi connectivity index (χ4n) is 1.36. The first-order valence-corrected chi connectivity index (χ1v) is 6.01. The molecule has 0 aliphatic carbocycles. The van der Waals surface area contributed by atoms with Crippen LogP contribution in [0, 0.1) is 17.8 Å². The van der Waals surface area contributed by atoms with Crippen molar-refractivity contribution in [1.29, 1.82) is 0 Å². The predicted molar refractivity (Wildman–Crippen MR) is 63.9 cm³/mol. The molecule has 0 saturated heterocycles. The molecule has 90 valence electrons. The van der Waals surface area contributed by atoms with Crippen LogP contribution in [0.3, 0.4) is 0 Å². The summed E-state index contributed by atoms with van der Waals surface area (Å²) in [5, 5.41) is 0. The van der Waals surface area contributed by atoms with Gasteiger partial charge in [-0.15, -0.1) is 0 Å². The number of rotatable bonds is 7. The van der Waals surface area contributed by atoms with Crippen molar-refractivity contribution in [3.05, 3.63) is 0 Å². The second-order valence-electron chi connectivity index (χ2n) is 5.27. The zero-order valence-corrected chi connectivity index (χ0v) is 11.0. The van der Waals surface area contributed by atoms with Gasteiger partial charge in [0.1, 0.15) is 6.10 Å². The Kier molecular flexibility index (Phi) is 6.82. The quantitative estimate of drug-likeness (QED) is 0.650. The molecule has 0 rings (SSSR count). The molecule has 0 spiro atoms. The number of hydrogen-bond donors (Lipinski definition) is 0. The second kappa shape index (κ2) is 7.00. The number of Topliss-reactive ketones (excluding diaryl/α,β-unsaturated/α-hetero) is 1. The number of ether oxygens (including phenoxy) is 1.